The fourth-order valence-corrected chi connectivity index (χ4v) is 1.94. The highest BCUT2D eigenvalue weighted by molar-refractivity contribution is 6.32. The molecular formula is C16H9ClN2O3. The topological polar surface area (TPSA) is 84.0 Å². The van der Waals surface area contributed by atoms with Crippen LogP contribution >= 0.6 is 11.6 Å². The molecule has 6 heteroatoms. The van der Waals surface area contributed by atoms with E-state index in [0.717, 1.165) is 0 Å². The van der Waals surface area contributed by atoms with E-state index in [1.54, 1.807) is 30.3 Å². The molecule has 22 heavy (non-hydrogen) atoms. The number of allylic oxidation sites excluding steroid dienone is 1. The summed E-state index contributed by atoms with van der Waals surface area (Å²) in [5, 5.41) is 19.5. The van der Waals surface area contributed by atoms with E-state index in [1.807, 2.05) is 6.07 Å². The van der Waals surface area contributed by atoms with Crippen molar-refractivity contribution in [2.45, 2.75) is 0 Å². The van der Waals surface area contributed by atoms with E-state index in [9.17, 15) is 14.9 Å². The van der Waals surface area contributed by atoms with Gasteiger partial charge < -0.3 is 0 Å². The van der Waals surface area contributed by atoms with E-state index < -0.39 is 4.92 Å². The smallest absolute Gasteiger partial charge is 0.288 e. The summed E-state index contributed by atoms with van der Waals surface area (Å²) in [6, 6.07) is 12.5. The van der Waals surface area contributed by atoms with Crippen molar-refractivity contribution in [1.29, 1.82) is 5.26 Å². The number of rotatable bonds is 4. The van der Waals surface area contributed by atoms with Gasteiger partial charge in [-0.25, -0.2) is 0 Å². The number of benzene rings is 2. The summed E-state index contributed by atoms with van der Waals surface area (Å²) in [6.07, 6.45) is 2.79. The van der Waals surface area contributed by atoms with Crippen molar-refractivity contribution >= 4 is 29.1 Å². The lowest BCUT2D eigenvalue weighted by molar-refractivity contribution is -0.384. The Morgan fingerprint density at radius 3 is 2.50 bits per heavy atom. The molecule has 2 aromatic rings. The lowest BCUT2D eigenvalue weighted by Crippen LogP contribution is -1.94. The van der Waals surface area contributed by atoms with Gasteiger partial charge in [0.05, 0.1) is 16.6 Å². The second-order valence-corrected chi connectivity index (χ2v) is 4.76. The number of nitro groups is 1. The molecule has 0 radical (unpaired) electrons. The molecule has 0 N–H and O–H groups in total. The predicted molar refractivity (Wildman–Crippen MR) is 82.6 cm³/mol. The van der Waals surface area contributed by atoms with Crippen LogP contribution in [0.2, 0.25) is 5.02 Å². The molecule has 0 amide bonds. The van der Waals surface area contributed by atoms with E-state index >= 15 is 0 Å². The van der Waals surface area contributed by atoms with Gasteiger partial charge in [0.25, 0.3) is 5.69 Å². The van der Waals surface area contributed by atoms with Crippen molar-refractivity contribution < 1.29 is 9.72 Å². The first-order chi connectivity index (χ1) is 10.5. The Labute approximate surface area is 131 Å². The molecule has 108 valence electrons. The highest BCUT2D eigenvalue weighted by atomic mass is 35.5. The van der Waals surface area contributed by atoms with E-state index in [2.05, 4.69) is 0 Å². The first-order valence-corrected chi connectivity index (χ1v) is 6.55. The number of hydrogen-bond donors (Lipinski definition) is 0. The van der Waals surface area contributed by atoms with Crippen LogP contribution in [0.15, 0.2) is 48.5 Å². The fraction of sp³-hybridized carbons (Fsp3) is 0. The molecular weight excluding hydrogens is 304 g/mol. The van der Waals surface area contributed by atoms with Gasteiger partial charge in [-0.2, -0.15) is 5.26 Å². The van der Waals surface area contributed by atoms with Crippen molar-refractivity contribution in [1.82, 2.24) is 0 Å². The molecule has 0 heterocycles. The summed E-state index contributed by atoms with van der Waals surface area (Å²) < 4.78 is 0. The Morgan fingerprint density at radius 1 is 1.23 bits per heavy atom. The Bertz CT molecular complexity index is 805. The van der Waals surface area contributed by atoms with Gasteiger partial charge in [0, 0.05) is 11.6 Å². The Morgan fingerprint density at radius 2 is 1.91 bits per heavy atom. The van der Waals surface area contributed by atoms with Gasteiger partial charge >= 0.3 is 0 Å². The van der Waals surface area contributed by atoms with E-state index in [1.165, 1.54) is 24.3 Å². The standard InChI is InChI=1S/C16H9ClN2O3/c17-14-7-3-11(9-15(14)19(21)22)4-8-16(20)13-5-1-12(10-18)2-6-13/h1-9H/b8-4+. The molecule has 2 aromatic carbocycles. The fourth-order valence-electron chi connectivity index (χ4n) is 1.75. The van der Waals surface area contributed by atoms with Crippen molar-refractivity contribution in [3.05, 3.63) is 80.4 Å². The third-order valence-electron chi connectivity index (χ3n) is 2.89. The van der Waals surface area contributed by atoms with Crippen molar-refractivity contribution in [2.75, 3.05) is 0 Å². The number of nitriles is 1. The van der Waals surface area contributed by atoms with Crippen LogP contribution in [0.25, 0.3) is 6.08 Å². The van der Waals surface area contributed by atoms with Crippen molar-refractivity contribution in [2.24, 2.45) is 0 Å². The first-order valence-electron chi connectivity index (χ1n) is 6.18. The minimum atomic E-state index is -0.581. The lowest BCUT2D eigenvalue weighted by atomic mass is 10.1. The highest BCUT2D eigenvalue weighted by Crippen LogP contribution is 2.25. The van der Waals surface area contributed by atoms with Gasteiger partial charge in [-0.3, -0.25) is 14.9 Å². The van der Waals surface area contributed by atoms with Crippen molar-refractivity contribution in [3.8, 4) is 6.07 Å². The second-order valence-electron chi connectivity index (χ2n) is 4.35. The van der Waals surface area contributed by atoms with E-state index in [4.69, 9.17) is 16.9 Å². The number of nitro benzene ring substituents is 1. The average molecular weight is 313 g/mol. The van der Waals surface area contributed by atoms with Crippen LogP contribution in [0.5, 0.6) is 0 Å². The zero-order chi connectivity index (χ0) is 16.1. The van der Waals surface area contributed by atoms with E-state index in [-0.39, 0.29) is 16.5 Å². The monoisotopic (exact) mass is 312 g/mol. The quantitative estimate of drug-likeness (QED) is 0.369. The zero-order valence-electron chi connectivity index (χ0n) is 11.2. The Kier molecular flexibility index (Phi) is 4.66. The number of carbonyl (C=O) groups is 1. The van der Waals surface area contributed by atoms with Gasteiger partial charge in [0.1, 0.15) is 5.02 Å². The number of nitrogens with zero attached hydrogens (tertiary/aromatic N) is 2. The van der Waals surface area contributed by atoms with Gasteiger partial charge in [0.15, 0.2) is 5.78 Å². The third-order valence-corrected chi connectivity index (χ3v) is 3.21. The summed E-state index contributed by atoms with van der Waals surface area (Å²) >= 11 is 5.72. The summed E-state index contributed by atoms with van der Waals surface area (Å²) in [5.41, 5.74) is 1.18. The first kappa shape index (κ1) is 15.4. The SMILES string of the molecule is N#Cc1ccc(C(=O)/C=C/c2ccc(Cl)c([N+](=O)[O-])c2)cc1. The maximum absolute atomic E-state index is 12.0. The predicted octanol–water partition coefficient (Wildman–Crippen LogP) is 4.02. The van der Waals surface area contributed by atoms with Gasteiger partial charge in [-0.15, -0.1) is 0 Å². The van der Waals surface area contributed by atoms with Crippen LogP contribution in [0.3, 0.4) is 0 Å². The van der Waals surface area contributed by atoms with Crippen LogP contribution in [-0.4, -0.2) is 10.7 Å². The van der Waals surface area contributed by atoms with Crippen LogP contribution < -0.4 is 0 Å². The molecule has 0 fully saturated rings. The molecule has 0 unspecified atom stereocenters. The highest BCUT2D eigenvalue weighted by Gasteiger charge is 2.11. The normalized spacial score (nSPS) is 10.4. The molecule has 5 nitrogen and oxygen atoms in total. The molecule has 0 atom stereocenters. The Hall–Kier alpha value is -2.97. The second kappa shape index (κ2) is 6.66. The number of halogens is 1. The van der Waals surface area contributed by atoms with Crippen LogP contribution in [0.4, 0.5) is 5.69 Å². The van der Waals surface area contributed by atoms with Crippen LogP contribution in [0.1, 0.15) is 21.5 Å². The maximum Gasteiger partial charge on any atom is 0.288 e. The van der Waals surface area contributed by atoms with Crippen molar-refractivity contribution in [3.63, 3.8) is 0 Å². The number of hydrogen-bond acceptors (Lipinski definition) is 4. The van der Waals surface area contributed by atoms with E-state index in [0.29, 0.717) is 16.7 Å². The van der Waals surface area contributed by atoms with Gasteiger partial charge in [-0.1, -0.05) is 23.7 Å². The lowest BCUT2D eigenvalue weighted by Gasteiger charge is -1.98. The van der Waals surface area contributed by atoms with Gasteiger partial charge in [-0.05, 0) is 42.0 Å². The number of carbonyl (C=O) groups excluding carboxylic acids is 1. The molecule has 0 saturated carbocycles. The molecule has 0 saturated heterocycles. The number of ketones is 1. The molecule has 0 spiro atoms. The summed E-state index contributed by atoms with van der Waals surface area (Å²) in [6.45, 7) is 0. The largest absolute Gasteiger partial charge is 0.289 e. The molecule has 0 bridgehead atoms. The van der Waals surface area contributed by atoms with Crippen LogP contribution in [-0.2, 0) is 0 Å². The zero-order valence-corrected chi connectivity index (χ0v) is 11.9. The summed E-state index contributed by atoms with van der Waals surface area (Å²) in [7, 11) is 0. The minimum Gasteiger partial charge on any atom is -0.289 e. The maximum atomic E-state index is 12.0. The molecule has 2 rings (SSSR count). The Balaban J connectivity index is 2.20. The molecule has 0 aliphatic carbocycles. The van der Waals surface area contributed by atoms with Crippen LogP contribution in [0, 0.1) is 21.4 Å². The third kappa shape index (κ3) is 3.57. The molecule has 0 aromatic heterocycles. The molecule has 0 aliphatic heterocycles. The van der Waals surface area contributed by atoms with Gasteiger partial charge in [0.2, 0.25) is 0 Å². The molecule has 0 aliphatic rings. The summed E-state index contributed by atoms with van der Waals surface area (Å²) in [5.74, 6) is -0.262. The average Bonchev–Trinajstić information content (AvgIpc) is 2.53. The minimum absolute atomic E-state index is 0.0422. The summed E-state index contributed by atoms with van der Waals surface area (Å²) in [4.78, 5) is 22.2.